The van der Waals surface area contributed by atoms with Gasteiger partial charge in [0.1, 0.15) is 11.3 Å². The molecule has 4 aromatic rings. The number of rotatable bonds is 3. The lowest BCUT2D eigenvalue weighted by molar-refractivity contribution is 0.547. The van der Waals surface area contributed by atoms with Crippen molar-refractivity contribution in [3.05, 3.63) is 47.9 Å². The Hall–Kier alpha value is -2.89. The number of aromatic nitrogens is 6. The highest BCUT2D eigenvalue weighted by Crippen LogP contribution is 2.30. The summed E-state index contributed by atoms with van der Waals surface area (Å²) in [5, 5.41) is 8.81. The quantitative estimate of drug-likeness (QED) is 0.624. The molecule has 6 nitrogen and oxygen atoms in total. The molecule has 0 aliphatic heterocycles. The van der Waals surface area contributed by atoms with Crippen LogP contribution in [0.15, 0.2) is 36.8 Å². The molecular weight excluding hydrogens is 300 g/mol. The molecule has 0 amide bonds. The molecule has 1 N–H and O–H groups in total. The largest absolute Gasteiger partial charge is 0.335 e. The molecule has 6 heteroatoms. The van der Waals surface area contributed by atoms with E-state index in [4.69, 9.17) is 4.98 Å². The number of benzene rings is 1. The van der Waals surface area contributed by atoms with Gasteiger partial charge in [0, 0.05) is 24.0 Å². The molecule has 3 heterocycles. The van der Waals surface area contributed by atoms with E-state index in [0.717, 1.165) is 28.2 Å². The highest BCUT2D eigenvalue weighted by molar-refractivity contribution is 5.79. The molecule has 24 heavy (non-hydrogen) atoms. The predicted molar refractivity (Wildman–Crippen MR) is 94.3 cm³/mol. The van der Waals surface area contributed by atoms with E-state index in [9.17, 15) is 0 Å². The number of aromatic amines is 1. The standard InChI is InChI=1S/C18H20N6/c1-11(2)24-18-15(10-20-24)21-17(22-18)14-9-12(3)8-13(4)16(14)23-7-5-6-19-23/h5-11H,1-4H3,(H,21,22). The third-order valence-corrected chi connectivity index (χ3v) is 4.16. The van der Waals surface area contributed by atoms with E-state index in [0.29, 0.717) is 0 Å². The van der Waals surface area contributed by atoms with Crippen molar-refractivity contribution in [2.24, 2.45) is 0 Å². The summed E-state index contributed by atoms with van der Waals surface area (Å²) >= 11 is 0. The van der Waals surface area contributed by atoms with Crippen molar-refractivity contribution in [2.75, 3.05) is 0 Å². The second-order valence-electron chi connectivity index (χ2n) is 6.43. The van der Waals surface area contributed by atoms with E-state index < -0.39 is 0 Å². The van der Waals surface area contributed by atoms with Gasteiger partial charge in [0.2, 0.25) is 0 Å². The number of H-pyrrole nitrogens is 1. The average molecular weight is 320 g/mol. The molecule has 0 saturated carbocycles. The molecule has 4 rings (SSSR count). The maximum Gasteiger partial charge on any atom is 0.176 e. The predicted octanol–water partition coefficient (Wildman–Crippen LogP) is 3.81. The molecule has 0 radical (unpaired) electrons. The second-order valence-corrected chi connectivity index (χ2v) is 6.43. The Morgan fingerprint density at radius 1 is 1.12 bits per heavy atom. The van der Waals surface area contributed by atoms with Crippen LogP contribution in [0.2, 0.25) is 0 Å². The molecule has 0 fully saturated rings. The first-order chi connectivity index (χ1) is 11.5. The van der Waals surface area contributed by atoms with Gasteiger partial charge in [-0.15, -0.1) is 0 Å². The van der Waals surface area contributed by atoms with E-state index in [1.54, 1.807) is 6.20 Å². The fourth-order valence-corrected chi connectivity index (χ4v) is 3.17. The number of hydrogen-bond acceptors (Lipinski definition) is 3. The first kappa shape index (κ1) is 14.7. The van der Waals surface area contributed by atoms with Crippen molar-refractivity contribution >= 4 is 11.2 Å². The first-order valence-electron chi connectivity index (χ1n) is 8.09. The summed E-state index contributed by atoms with van der Waals surface area (Å²) in [6, 6.07) is 6.51. The van der Waals surface area contributed by atoms with Gasteiger partial charge in [0.05, 0.1) is 11.9 Å². The van der Waals surface area contributed by atoms with Crippen molar-refractivity contribution in [3.8, 4) is 17.1 Å². The van der Waals surface area contributed by atoms with Crippen LogP contribution >= 0.6 is 0 Å². The van der Waals surface area contributed by atoms with E-state index >= 15 is 0 Å². The molecule has 122 valence electrons. The van der Waals surface area contributed by atoms with Crippen LogP contribution < -0.4 is 0 Å². The molecule has 0 saturated heterocycles. The summed E-state index contributed by atoms with van der Waals surface area (Å²) in [7, 11) is 0. The molecule has 3 aromatic heterocycles. The first-order valence-corrected chi connectivity index (χ1v) is 8.09. The SMILES string of the molecule is Cc1cc(C)c(-n2cccn2)c(-c2nc3c(cnn3C(C)C)[nH]2)c1. The summed E-state index contributed by atoms with van der Waals surface area (Å²) in [5.41, 5.74) is 6.28. The second kappa shape index (κ2) is 5.33. The summed E-state index contributed by atoms with van der Waals surface area (Å²) < 4.78 is 3.83. The number of fused-ring (bicyclic) bond motifs is 1. The molecule has 0 aliphatic carbocycles. The van der Waals surface area contributed by atoms with Crippen LogP contribution in [0, 0.1) is 13.8 Å². The maximum atomic E-state index is 4.82. The van der Waals surface area contributed by atoms with E-state index in [2.05, 4.69) is 55.0 Å². The number of aryl methyl sites for hydroxylation is 2. The fraction of sp³-hybridized carbons (Fsp3) is 0.278. The third-order valence-electron chi connectivity index (χ3n) is 4.16. The zero-order valence-electron chi connectivity index (χ0n) is 14.3. The topological polar surface area (TPSA) is 64.3 Å². The maximum absolute atomic E-state index is 4.82. The minimum absolute atomic E-state index is 0.267. The number of imidazole rings is 1. The van der Waals surface area contributed by atoms with Crippen molar-refractivity contribution < 1.29 is 0 Å². The fourth-order valence-electron chi connectivity index (χ4n) is 3.17. The third kappa shape index (κ3) is 2.22. The molecule has 0 atom stereocenters. The lowest BCUT2D eigenvalue weighted by atomic mass is 10.0. The van der Waals surface area contributed by atoms with Crippen LogP contribution in [0.3, 0.4) is 0 Å². The van der Waals surface area contributed by atoms with Gasteiger partial charge in [-0.3, -0.25) is 0 Å². The minimum Gasteiger partial charge on any atom is -0.335 e. The van der Waals surface area contributed by atoms with Crippen molar-refractivity contribution in [1.82, 2.24) is 29.5 Å². The van der Waals surface area contributed by atoms with Gasteiger partial charge in [0.15, 0.2) is 5.65 Å². The van der Waals surface area contributed by atoms with Crippen LogP contribution in [0.5, 0.6) is 0 Å². The van der Waals surface area contributed by atoms with Gasteiger partial charge in [0.25, 0.3) is 0 Å². The highest BCUT2D eigenvalue weighted by Gasteiger charge is 2.17. The minimum atomic E-state index is 0.267. The number of nitrogens with zero attached hydrogens (tertiary/aromatic N) is 5. The Labute approximate surface area is 140 Å². The van der Waals surface area contributed by atoms with E-state index in [1.807, 2.05) is 27.8 Å². The number of hydrogen-bond donors (Lipinski definition) is 1. The zero-order chi connectivity index (χ0) is 16.8. The lowest BCUT2D eigenvalue weighted by Crippen LogP contribution is -2.04. The molecule has 1 aromatic carbocycles. The van der Waals surface area contributed by atoms with Gasteiger partial charge in [-0.25, -0.2) is 14.3 Å². The van der Waals surface area contributed by atoms with Crippen LogP contribution in [0.1, 0.15) is 31.0 Å². The van der Waals surface area contributed by atoms with Gasteiger partial charge in [-0.05, 0) is 51.0 Å². The summed E-state index contributed by atoms with van der Waals surface area (Å²) in [4.78, 5) is 8.23. The Kier molecular flexibility index (Phi) is 3.26. The molecule has 0 aliphatic rings. The molecular formula is C18H20N6. The monoisotopic (exact) mass is 320 g/mol. The zero-order valence-corrected chi connectivity index (χ0v) is 14.3. The normalized spacial score (nSPS) is 11.7. The van der Waals surface area contributed by atoms with Crippen LogP contribution in [0.25, 0.3) is 28.2 Å². The van der Waals surface area contributed by atoms with Crippen LogP contribution in [-0.2, 0) is 0 Å². The average Bonchev–Trinajstić information content (AvgIpc) is 3.22. The van der Waals surface area contributed by atoms with Gasteiger partial charge < -0.3 is 4.98 Å². The van der Waals surface area contributed by atoms with Crippen molar-refractivity contribution in [3.63, 3.8) is 0 Å². The van der Waals surface area contributed by atoms with Gasteiger partial charge in [-0.2, -0.15) is 10.2 Å². The number of nitrogens with one attached hydrogen (secondary N) is 1. The van der Waals surface area contributed by atoms with Gasteiger partial charge in [-0.1, -0.05) is 6.07 Å². The summed E-state index contributed by atoms with van der Waals surface area (Å²) in [5.74, 6) is 0.842. The Bertz CT molecular complexity index is 1000. The Morgan fingerprint density at radius 3 is 2.67 bits per heavy atom. The van der Waals surface area contributed by atoms with E-state index in [1.165, 1.54) is 11.1 Å². The smallest absolute Gasteiger partial charge is 0.176 e. The summed E-state index contributed by atoms with van der Waals surface area (Å²) in [6.45, 7) is 8.41. The highest BCUT2D eigenvalue weighted by atomic mass is 15.3. The van der Waals surface area contributed by atoms with E-state index in [-0.39, 0.29) is 6.04 Å². The Morgan fingerprint density at radius 2 is 1.96 bits per heavy atom. The Balaban J connectivity index is 1.96. The van der Waals surface area contributed by atoms with Crippen LogP contribution in [-0.4, -0.2) is 29.5 Å². The van der Waals surface area contributed by atoms with Crippen molar-refractivity contribution in [1.29, 1.82) is 0 Å². The van der Waals surface area contributed by atoms with Gasteiger partial charge >= 0.3 is 0 Å². The summed E-state index contributed by atoms with van der Waals surface area (Å²) in [6.07, 6.45) is 5.58. The van der Waals surface area contributed by atoms with Crippen molar-refractivity contribution in [2.45, 2.75) is 33.7 Å². The molecule has 0 spiro atoms. The molecule has 0 bridgehead atoms. The van der Waals surface area contributed by atoms with Crippen LogP contribution in [0.4, 0.5) is 0 Å². The molecule has 0 unspecified atom stereocenters. The lowest BCUT2D eigenvalue weighted by Gasteiger charge is -2.12.